The van der Waals surface area contributed by atoms with Gasteiger partial charge in [-0.15, -0.1) is 5.10 Å². The highest BCUT2D eigenvalue weighted by molar-refractivity contribution is 7.99. The van der Waals surface area contributed by atoms with Crippen molar-refractivity contribution in [3.8, 4) is 11.3 Å². The fourth-order valence-electron chi connectivity index (χ4n) is 4.00. The molecule has 28 heavy (non-hydrogen) atoms. The van der Waals surface area contributed by atoms with Crippen molar-refractivity contribution in [1.82, 2.24) is 19.2 Å². The molecule has 1 aliphatic carbocycles. The molecule has 0 fully saturated rings. The molecule has 6 heteroatoms. The Morgan fingerprint density at radius 3 is 2.75 bits per heavy atom. The lowest BCUT2D eigenvalue weighted by Gasteiger charge is -2.35. The summed E-state index contributed by atoms with van der Waals surface area (Å²) in [7, 11) is 0. The van der Waals surface area contributed by atoms with Crippen LogP contribution in [0.1, 0.15) is 45.2 Å². The molecule has 5 nitrogen and oxygen atoms in total. The Labute approximate surface area is 169 Å². The van der Waals surface area contributed by atoms with Crippen molar-refractivity contribution in [1.29, 1.82) is 0 Å². The Morgan fingerprint density at radius 1 is 1.32 bits per heavy atom. The maximum Gasteiger partial charge on any atom is 0.265 e. The molecule has 1 atom stereocenters. The van der Waals surface area contributed by atoms with Gasteiger partial charge < -0.3 is 0 Å². The average molecular weight is 395 g/mol. The molecule has 0 radical (unpaired) electrons. The maximum atomic E-state index is 13.8. The minimum Gasteiger partial charge on any atom is -0.268 e. The quantitative estimate of drug-likeness (QED) is 0.473. The summed E-state index contributed by atoms with van der Waals surface area (Å²) in [4.78, 5) is 18.8. The van der Waals surface area contributed by atoms with E-state index < -0.39 is 0 Å². The van der Waals surface area contributed by atoms with E-state index in [9.17, 15) is 4.79 Å². The molecule has 0 unspecified atom stereocenters. The third kappa shape index (κ3) is 2.82. The van der Waals surface area contributed by atoms with Crippen LogP contribution in [0.25, 0.3) is 17.0 Å². The molecule has 0 saturated carbocycles. The van der Waals surface area contributed by atoms with Gasteiger partial charge in [-0.3, -0.25) is 4.79 Å². The summed E-state index contributed by atoms with van der Waals surface area (Å²) in [5.41, 5.74) is 4.80. The van der Waals surface area contributed by atoms with E-state index in [2.05, 4.69) is 43.7 Å². The van der Waals surface area contributed by atoms with Gasteiger partial charge in [0, 0.05) is 23.3 Å². The van der Waals surface area contributed by atoms with E-state index in [1.165, 1.54) is 5.56 Å². The van der Waals surface area contributed by atoms with Crippen LogP contribution in [-0.2, 0) is 18.4 Å². The van der Waals surface area contributed by atoms with Crippen LogP contribution in [0.2, 0.25) is 0 Å². The Hall–Kier alpha value is -2.34. The first-order chi connectivity index (χ1) is 13.4. The molecule has 1 aliphatic rings. The monoisotopic (exact) mass is 394 g/mol. The largest absolute Gasteiger partial charge is 0.268 e. The second-order valence-corrected chi connectivity index (χ2v) is 8.81. The van der Waals surface area contributed by atoms with Gasteiger partial charge in [0.15, 0.2) is 5.16 Å². The molecule has 0 amide bonds. The number of thioether (sulfide) groups is 1. The zero-order chi connectivity index (χ0) is 20.1. The van der Waals surface area contributed by atoms with E-state index in [1.54, 1.807) is 16.2 Å². The molecule has 2 heterocycles. The topological polar surface area (TPSA) is 52.2 Å². The van der Waals surface area contributed by atoms with E-state index in [0.717, 1.165) is 41.0 Å². The van der Waals surface area contributed by atoms with Crippen molar-refractivity contribution in [3.63, 3.8) is 0 Å². The number of aromatic nitrogens is 4. The number of fused-ring (bicyclic) bond motifs is 4. The van der Waals surface area contributed by atoms with Gasteiger partial charge in [-0.25, -0.2) is 14.1 Å². The van der Waals surface area contributed by atoms with E-state index in [-0.39, 0.29) is 11.0 Å². The number of aryl methyl sites for hydroxylation is 1. The molecular weight excluding hydrogens is 368 g/mol. The predicted molar refractivity (Wildman–Crippen MR) is 115 cm³/mol. The summed E-state index contributed by atoms with van der Waals surface area (Å²) < 4.78 is 3.53. The van der Waals surface area contributed by atoms with Crippen LogP contribution < -0.4 is 5.56 Å². The second-order valence-electron chi connectivity index (χ2n) is 7.87. The predicted octanol–water partition coefficient (Wildman–Crippen LogP) is 4.47. The standard InChI is InChI=1S/C22H26N4OS/c1-6-22(5)12-15-10-8-9-11-16(15)18-17(22)19(27)26-20(23-18)25(7-2)24-21(26)28-13-14(3)4/h8-11H,3,6-7,12-13H2,1-2,4-5H3/t22-/m0/s1. The average Bonchev–Trinajstić information content (AvgIpc) is 3.04. The van der Waals surface area contributed by atoms with E-state index >= 15 is 0 Å². The maximum absolute atomic E-state index is 13.8. The Kier molecular flexibility index (Phi) is 4.70. The van der Waals surface area contributed by atoms with Gasteiger partial charge in [0.05, 0.1) is 11.3 Å². The second kappa shape index (κ2) is 6.92. The summed E-state index contributed by atoms with van der Waals surface area (Å²) in [6.07, 6.45) is 1.74. The van der Waals surface area contributed by atoms with Crippen LogP contribution in [0.5, 0.6) is 0 Å². The van der Waals surface area contributed by atoms with Crippen molar-refractivity contribution in [3.05, 3.63) is 57.9 Å². The number of rotatable bonds is 5. The van der Waals surface area contributed by atoms with E-state index in [0.29, 0.717) is 17.5 Å². The van der Waals surface area contributed by atoms with Crippen molar-refractivity contribution in [2.45, 2.75) is 57.7 Å². The summed E-state index contributed by atoms with van der Waals surface area (Å²) in [6, 6.07) is 8.32. The van der Waals surface area contributed by atoms with Crippen LogP contribution in [0, 0.1) is 0 Å². The fraction of sp³-hybridized carbons (Fsp3) is 0.409. The lowest BCUT2D eigenvalue weighted by molar-refractivity contribution is 0.439. The number of benzene rings is 1. The number of hydrogen-bond acceptors (Lipinski definition) is 4. The lowest BCUT2D eigenvalue weighted by atomic mass is 9.69. The van der Waals surface area contributed by atoms with Crippen LogP contribution >= 0.6 is 11.8 Å². The summed E-state index contributed by atoms with van der Waals surface area (Å²) in [6.45, 7) is 13.0. The van der Waals surface area contributed by atoms with Crippen LogP contribution in [-0.4, -0.2) is 24.9 Å². The first kappa shape index (κ1) is 19.0. The SMILES string of the molecule is C=C(C)CSc1nn(CC)c2nc3c(c(=O)n12)[C@@](C)(CC)Cc1ccccc1-3. The van der Waals surface area contributed by atoms with E-state index in [1.807, 2.05) is 24.6 Å². The van der Waals surface area contributed by atoms with E-state index in [4.69, 9.17) is 4.98 Å². The third-order valence-electron chi connectivity index (χ3n) is 5.68. The molecule has 0 N–H and O–H groups in total. The van der Waals surface area contributed by atoms with Crippen LogP contribution in [0.3, 0.4) is 0 Å². The fourth-order valence-corrected chi connectivity index (χ4v) is 4.82. The van der Waals surface area contributed by atoms with Crippen molar-refractivity contribution in [2.24, 2.45) is 0 Å². The molecule has 0 spiro atoms. The van der Waals surface area contributed by atoms with Gasteiger partial charge in [0.2, 0.25) is 5.78 Å². The Morgan fingerprint density at radius 2 is 2.07 bits per heavy atom. The van der Waals surface area contributed by atoms with Crippen molar-refractivity contribution < 1.29 is 0 Å². The molecule has 0 aliphatic heterocycles. The normalized spacial score (nSPS) is 18.1. The van der Waals surface area contributed by atoms with Gasteiger partial charge in [-0.2, -0.15) is 0 Å². The molecule has 146 valence electrons. The third-order valence-corrected chi connectivity index (χ3v) is 6.84. The van der Waals surface area contributed by atoms with Gasteiger partial charge in [0.1, 0.15) is 0 Å². The molecule has 0 saturated heterocycles. The highest BCUT2D eigenvalue weighted by atomic mass is 32.2. The highest BCUT2D eigenvalue weighted by Crippen LogP contribution is 2.42. The van der Waals surface area contributed by atoms with Crippen molar-refractivity contribution >= 4 is 17.5 Å². The van der Waals surface area contributed by atoms with Crippen molar-refractivity contribution in [2.75, 3.05) is 5.75 Å². The van der Waals surface area contributed by atoms with Crippen LogP contribution in [0.4, 0.5) is 0 Å². The summed E-state index contributed by atoms with van der Waals surface area (Å²) in [5, 5.41) is 5.37. The Bertz CT molecular complexity index is 1140. The van der Waals surface area contributed by atoms with Gasteiger partial charge >= 0.3 is 0 Å². The smallest absolute Gasteiger partial charge is 0.265 e. The number of hydrogen-bond donors (Lipinski definition) is 0. The molecule has 2 aromatic heterocycles. The molecule has 1 aromatic carbocycles. The zero-order valence-corrected chi connectivity index (χ0v) is 17.8. The van der Waals surface area contributed by atoms with Gasteiger partial charge in [-0.05, 0) is 32.3 Å². The molecule has 3 aromatic rings. The first-order valence-corrected chi connectivity index (χ1v) is 10.8. The molecular formula is C22H26N4OS. The minimum atomic E-state index is -0.237. The van der Waals surface area contributed by atoms with Gasteiger partial charge in [-0.1, -0.05) is 62.0 Å². The summed E-state index contributed by atoms with van der Waals surface area (Å²) in [5.74, 6) is 1.35. The minimum absolute atomic E-state index is 0.0165. The number of nitrogens with zero attached hydrogens (tertiary/aromatic N) is 4. The Balaban J connectivity index is 2.07. The highest BCUT2D eigenvalue weighted by Gasteiger charge is 2.38. The zero-order valence-electron chi connectivity index (χ0n) is 17.0. The first-order valence-electron chi connectivity index (χ1n) is 9.79. The molecule has 4 rings (SSSR count). The van der Waals surface area contributed by atoms with Gasteiger partial charge in [0.25, 0.3) is 5.56 Å². The lowest BCUT2D eigenvalue weighted by Crippen LogP contribution is -2.37. The summed E-state index contributed by atoms with van der Waals surface area (Å²) >= 11 is 1.54. The molecule has 0 bridgehead atoms. The van der Waals surface area contributed by atoms with Crippen LogP contribution in [0.15, 0.2) is 46.4 Å².